The lowest BCUT2D eigenvalue weighted by molar-refractivity contribution is 0.166. The summed E-state index contributed by atoms with van der Waals surface area (Å²) in [6.45, 7) is 5.26. The Labute approximate surface area is 63.1 Å². The Balaban J connectivity index is 2.09. The van der Waals surface area contributed by atoms with Gasteiger partial charge in [-0.1, -0.05) is 19.8 Å². The van der Waals surface area contributed by atoms with Crippen LogP contribution in [-0.2, 0) is 4.74 Å². The van der Waals surface area contributed by atoms with Gasteiger partial charge in [0.25, 0.3) is 0 Å². The van der Waals surface area contributed by atoms with E-state index < -0.39 is 0 Å². The molecule has 1 rings (SSSR count). The lowest BCUT2D eigenvalue weighted by Crippen LogP contribution is -2.11. The average molecular weight is 140 g/mol. The molecule has 0 radical (unpaired) electrons. The zero-order chi connectivity index (χ0) is 7.40. The van der Waals surface area contributed by atoms with E-state index in [1.807, 2.05) is 0 Å². The van der Waals surface area contributed by atoms with E-state index in [2.05, 4.69) is 13.8 Å². The molecular formula is C9H16O. The summed E-state index contributed by atoms with van der Waals surface area (Å²) in [5.41, 5.74) is 1.45. The molecular weight excluding hydrogens is 124 g/mol. The highest BCUT2D eigenvalue weighted by Crippen LogP contribution is 2.23. The second kappa shape index (κ2) is 3.65. The second-order valence-electron chi connectivity index (χ2n) is 2.95. The Morgan fingerprint density at radius 1 is 1.40 bits per heavy atom. The molecule has 0 bridgehead atoms. The Kier molecular flexibility index (Phi) is 2.79. The van der Waals surface area contributed by atoms with Crippen LogP contribution in [0, 0.1) is 0 Å². The van der Waals surface area contributed by atoms with Crippen molar-refractivity contribution in [3.05, 3.63) is 11.3 Å². The van der Waals surface area contributed by atoms with Gasteiger partial charge in [0.05, 0.1) is 5.76 Å². The van der Waals surface area contributed by atoms with Crippen LogP contribution in [-0.4, -0.2) is 6.61 Å². The van der Waals surface area contributed by atoms with Gasteiger partial charge >= 0.3 is 0 Å². The molecule has 0 atom stereocenters. The van der Waals surface area contributed by atoms with Crippen molar-refractivity contribution in [1.82, 2.24) is 0 Å². The number of allylic oxidation sites excluding steroid dienone is 1. The molecule has 0 fully saturated rings. The van der Waals surface area contributed by atoms with Gasteiger partial charge < -0.3 is 4.74 Å². The van der Waals surface area contributed by atoms with Crippen LogP contribution in [0.3, 0.4) is 0 Å². The Hall–Kier alpha value is -0.460. The SMILES string of the molecule is CCCCCC1=C(C)CO1. The molecule has 1 aliphatic heterocycles. The van der Waals surface area contributed by atoms with Crippen molar-refractivity contribution in [2.75, 3.05) is 6.61 Å². The topological polar surface area (TPSA) is 9.23 Å². The predicted octanol–water partition coefficient (Wildman–Crippen LogP) is 2.87. The summed E-state index contributed by atoms with van der Waals surface area (Å²) >= 11 is 0. The zero-order valence-electron chi connectivity index (χ0n) is 6.94. The highest BCUT2D eigenvalue weighted by atomic mass is 16.5. The molecule has 0 saturated heterocycles. The first-order chi connectivity index (χ1) is 4.84. The maximum atomic E-state index is 5.27. The smallest absolute Gasteiger partial charge is 0.112 e. The first-order valence-electron chi connectivity index (χ1n) is 4.16. The molecule has 0 N–H and O–H groups in total. The van der Waals surface area contributed by atoms with Crippen molar-refractivity contribution in [1.29, 1.82) is 0 Å². The van der Waals surface area contributed by atoms with Crippen LogP contribution < -0.4 is 0 Å². The minimum Gasteiger partial charge on any atom is -0.493 e. The largest absolute Gasteiger partial charge is 0.493 e. The van der Waals surface area contributed by atoms with Gasteiger partial charge in [-0.05, 0) is 13.3 Å². The maximum Gasteiger partial charge on any atom is 0.112 e. The van der Waals surface area contributed by atoms with Crippen molar-refractivity contribution in [2.24, 2.45) is 0 Å². The Morgan fingerprint density at radius 3 is 2.60 bits per heavy atom. The lowest BCUT2D eigenvalue weighted by Gasteiger charge is -2.22. The summed E-state index contributed by atoms with van der Waals surface area (Å²) in [5.74, 6) is 1.26. The van der Waals surface area contributed by atoms with E-state index in [4.69, 9.17) is 4.74 Å². The van der Waals surface area contributed by atoms with Crippen LogP contribution in [0.5, 0.6) is 0 Å². The van der Waals surface area contributed by atoms with Crippen molar-refractivity contribution < 1.29 is 4.74 Å². The molecule has 1 nitrogen and oxygen atoms in total. The van der Waals surface area contributed by atoms with E-state index in [0.29, 0.717) is 0 Å². The fourth-order valence-electron chi connectivity index (χ4n) is 1.14. The van der Waals surface area contributed by atoms with Gasteiger partial charge in [0, 0.05) is 12.0 Å². The minimum absolute atomic E-state index is 0.876. The molecule has 1 heteroatoms. The molecule has 0 aliphatic carbocycles. The van der Waals surface area contributed by atoms with Gasteiger partial charge in [-0.3, -0.25) is 0 Å². The van der Waals surface area contributed by atoms with E-state index in [1.165, 1.54) is 37.0 Å². The van der Waals surface area contributed by atoms with Gasteiger partial charge in [0.15, 0.2) is 0 Å². The normalized spacial score (nSPS) is 16.6. The summed E-state index contributed by atoms with van der Waals surface area (Å²) in [6.07, 6.45) is 5.09. The first kappa shape index (κ1) is 7.64. The van der Waals surface area contributed by atoms with Gasteiger partial charge in [0.1, 0.15) is 6.61 Å². The van der Waals surface area contributed by atoms with Crippen LogP contribution >= 0.6 is 0 Å². The number of ether oxygens (including phenoxy) is 1. The van der Waals surface area contributed by atoms with E-state index in [9.17, 15) is 0 Å². The highest BCUT2D eigenvalue weighted by molar-refractivity contribution is 5.13. The molecule has 10 heavy (non-hydrogen) atoms. The monoisotopic (exact) mass is 140 g/mol. The summed E-state index contributed by atoms with van der Waals surface area (Å²) in [7, 11) is 0. The van der Waals surface area contributed by atoms with Gasteiger partial charge in [-0.25, -0.2) is 0 Å². The van der Waals surface area contributed by atoms with E-state index in [0.717, 1.165) is 6.61 Å². The highest BCUT2D eigenvalue weighted by Gasteiger charge is 2.12. The van der Waals surface area contributed by atoms with Crippen LogP contribution in [0.15, 0.2) is 11.3 Å². The van der Waals surface area contributed by atoms with Crippen LogP contribution in [0.1, 0.15) is 39.5 Å². The van der Waals surface area contributed by atoms with Crippen molar-refractivity contribution in [3.63, 3.8) is 0 Å². The molecule has 0 spiro atoms. The van der Waals surface area contributed by atoms with Crippen LogP contribution in [0.25, 0.3) is 0 Å². The first-order valence-corrected chi connectivity index (χ1v) is 4.16. The number of hydrogen-bond donors (Lipinski definition) is 0. The molecule has 0 unspecified atom stereocenters. The third kappa shape index (κ3) is 1.76. The maximum absolute atomic E-state index is 5.27. The summed E-state index contributed by atoms with van der Waals surface area (Å²) in [6, 6.07) is 0. The lowest BCUT2D eigenvalue weighted by atomic mass is 10.1. The summed E-state index contributed by atoms with van der Waals surface area (Å²) in [5, 5.41) is 0. The zero-order valence-corrected chi connectivity index (χ0v) is 6.94. The molecule has 0 aromatic heterocycles. The molecule has 0 saturated carbocycles. The molecule has 0 aromatic rings. The van der Waals surface area contributed by atoms with Crippen molar-refractivity contribution in [2.45, 2.75) is 39.5 Å². The van der Waals surface area contributed by atoms with Gasteiger partial charge in [-0.2, -0.15) is 0 Å². The Morgan fingerprint density at radius 2 is 2.20 bits per heavy atom. The van der Waals surface area contributed by atoms with Gasteiger partial charge in [-0.15, -0.1) is 0 Å². The van der Waals surface area contributed by atoms with Crippen molar-refractivity contribution in [3.8, 4) is 0 Å². The second-order valence-corrected chi connectivity index (χ2v) is 2.95. The summed E-state index contributed by atoms with van der Waals surface area (Å²) in [4.78, 5) is 0. The third-order valence-corrected chi connectivity index (χ3v) is 1.95. The van der Waals surface area contributed by atoms with E-state index >= 15 is 0 Å². The molecule has 58 valence electrons. The van der Waals surface area contributed by atoms with E-state index in [1.54, 1.807) is 0 Å². The predicted molar refractivity (Wildman–Crippen MR) is 42.8 cm³/mol. The molecule has 1 aliphatic rings. The third-order valence-electron chi connectivity index (χ3n) is 1.95. The molecule has 0 aromatic carbocycles. The fourth-order valence-corrected chi connectivity index (χ4v) is 1.14. The quantitative estimate of drug-likeness (QED) is 0.545. The Bertz CT molecular complexity index is 136. The number of hydrogen-bond acceptors (Lipinski definition) is 1. The fraction of sp³-hybridized carbons (Fsp3) is 0.778. The molecule has 0 amide bonds. The average Bonchev–Trinajstić information content (AvgIpc) is 1.95. The van der Waals surface area contributed by atoms with Gasteiger partial charge in [0.2, 0.25) is 0 Å². The van der Waals surface area contributed by atoms with Crippen LogP contribution in [0.4, 0.5) is 0 Å². The van der Waals surface area contributed by atoms with Crippen molar-refractivity contribution >= 4 is 0 Å². The number of unbranched alkanes of at least 4 members (excludes halogenated alkanes) is 2. The number of rotatable bonds is 4. The molecule has 1 heterocycles. The standard InChI is InChI=1S/C9H16O/c1-3-4-5-6-9-8(2)7-10-9/h3-7H2,1-2H3. The minimum atomic E-state index is 0.876. The van der Waals surface area contributed by atoms with Crippen LogP contribution in [0.2, 0.25) is 0 Å². The van der Waals surface area contributed by atoms with E-state index in [-0.39, 0.29) is 0 Å². The summed E-state index contributed by atoms with van der Waals surface area (Å²) < 4.78 is 5.27.